The number of hydrazone groups is 1. The van der Waals surface area contributed by atoms with Gasteiger partial charge < -0.3 is 0 Å². The Kier molecular flexibility index (Phi) is 4.35. The van der Waals surface area contributed by atoms with Crippen molar-refractivity contribution in [3.63, 3.8) is 0 Å². The lowest BCUT2D eigenvalue weighted by Gasteiger charge is -2.09. The molecule has 138 valence electrons. The Bertz CT molecular complexity index is 1330. The van der Waals surface area contributed by atoms with Gasteiger partial charge in [0.2, 0.25) is 0 Å². The van der Waals surface area contributed by atoms with E-state index in [1.54, 1.807) is 18.6 Å². The van der Waals surface area contributed by atoms with Gasteiger partial charge >= 0.3 is 0 Å². The summed E-state index contributed by atoms with van der Waals surface area (Å²) in [5.74, 6) is 0.595. The van der Waals surface area contributed by atoms with E-state index in [4.69, 9.17) is 9.97 Å². The summed E-state index contributed by atoms with van der Waals surface area (Å²) in [6.45, 7) is 0. The second kappa shape index (κ2) is 7.44. The Morgan fingerprint density at radius 2 is 1.41 bits per heavy atom. The number of rotatable bonds is 4. The Hall–Kier alpha value is -4.19. The lowest BCUT2D eigenvalue weighted by molar-refractivity contribution is 1.22. The van der Waals surface area contributed by atoms with Crippen LogP contribution in [-0.4, -0.2) is 26.2 Å². The van der Waals surface area contributed by atoms with E-state index in [0.29, 0.717) is 5.82 Å². The van der Waals surface area contributed by atoms with E-state index in [9.17, 15) is 0 Å². The predicted octanol–water partition coefficient (Wildman–Crippen LogP) is 4.69. The van der Waals surface area contributed by atoms with E-state index in [1.165, 1.54) is 0 Å². The smallest absolute Gasteiger partial charge is 0.173 e. The fraction of sp³-hybridized carbons (Fsp3) is 0. The molecule has 0 radical (unpaired) electrons. The zero-order chi connectivity index (χ0) is 19.5. The highest BCUT2D eigenvalue weighted by molar-refractivity contribution is 5.96. The molecule has 0 aliphatic heterocycles. The van der Waals surface area contributed by atoms with Gasteiger partial charge in [-0.05, 0) is 18.2 Å². The number of benzene rings is 3. The maximum absolute atomic E-state index is 4.80. The molecule has 0 spiro atoms. The average molecular weight is 376 g/mol. The molecule has 5 aromatic rings. The first-order chi connectivity index (χ1) is 14.4. The molecule has 29 heavy (non-hydrogen) atoms. The minimum Gasteiger partial charge on any atom is -0.260 e. The Labute approximate surface area is 167 Å². The molecule has 0 saturated carbocycles. The number of para-hydroxylation sites is 3. The van der Waals surface area contributed by atoms with Crippen molar-refractivity contribution in [3.05, 3.63) is 90.8 Å². The number of nitrogens with zero attached hydrogens (tertiary/aromatic N) is 5. The van der Waals surface area contributed by atoms with Crippen molar-refractivity contribution in [1.29, 1.82) is 0 Å². The Balaban J connectivity index is 1.55. The molecule has 0 aliphatic carbocycles. The van der Waals surface area contributed by atoms with Gasteiger partial charge in [0.05, 0.1) is 28.3 Å². The fourth-order valence-corrected chi connectivity index (χ4v) is 3.16. The van der Waals surface area contributed by atoms with E-state index >= 15 is 0 Å². The molecule has 0 amide bonds. The van der Waals surface area contributed by atoms with Gasteiger partial charge in [-0.2, -0.15) is 5.10 Å². The molecule has 2 heterocycles. The largest absolute Gasteiger partial charge is 0.260 e. The molecule has 6 heteroatoms. The van der Waals surface area contributed by atoms with Gasteiger partial charge in [-0.15, -0.1) is 0 Å². The molecular formula is C23H16N6. The monoisotopic (exact) mass is 376 g/mol. The summed E-state index contributed by atoms with van der Waals surface area (Å²) in [5, 5.41) is 4.41. The number of nitrogens with one attached hydrogen (secondary N) is 1. The Morgan fingerprint density at radius 3 is 2.28 bits per heavy atom. The molecular weight excluding hydrogens is 360 g/mol. The minimum absolute atomic E-state index is 0.595. The van der Waals surface area contributed by atoms with Gasteiger partial charge in [-0.3, -0.25) is 15.4 Å². The minimum atomic E-state index is 0.595. The predicted molar refractivity (Wildman–Crippen MR) is 116 cm³/mol. The lowest BCUT2D eigenvalue weighted by Crippen LogP contribution is -2.00. The molecule has 0 unspecified atom stereocenters. The van der Waals surface area contributed by atoms with E-state index in [0.717, 1.165) is 38.9 Å². The van der Waals surface area contributed by atoms with Gasteiger partial charge in [0.25, 0.3) is 0 Å². The second-order valence-electron chi connectivity index (χ2n) is 6.42. The molecule has 2 aromatic heterocycles. The summed E-state index contributed by atoms with van der Waals surface area (Å²) >= 11 is 0. The molecule has 0 fully saturated rings. The van der Waals surface area contributed by atoms with E-state index in [-0.39, 0.29) is 0 Å². The molecule has 5 rings (SSSR count). The number of anilines is 1. The van der Waals surface area contributed by atoms with Crippen molar-refractivity contribution < 1.29 is 0 Å². The van der Waals surface area contributed by atoms with Crippen molar-refractivity contribution in [2.75, 3.05) is 5.43 Å². The lowest BCUT2D eigenvalue weighted by atomic mass is 10.1. The highest BCUT2D eigenvalue weighted by Gasteiger charge is 2.10. The summed E-state index contributed by atoms with van der Waals surface area (Å²) in [6, 6.07) is 23.6. The van der Waals surface area contributed by atoms with Crippen molar-refractivity contribution >= 4 is 34.1 Å². The molecule has 3 aromatic carbocycles. The van der Waals surface area contributed by atoms with Crippen LogP contribution in [0, 0.1) is 0 Å². The number of hydrogen-bond acceptors (Lipinski definition) is 6. The van der Waals surface area contributed by atoms with Crippen LogP contribution < -0.4 is 5.43 Å². The summed E-state index contributed by atoms with van der Waals surface area (Å²) in [5.41, 5.74) is 8.93. The Morgan fingerprint density at radius 1 is 0.690 bits per heavy atom. The third-order valence-corrected chi connectivity index (χ3v) is 4.52. The molecule has 0 atom stereocenters. The van der Waals surface area contributed by atoms with Gasteiger partial charge in [0.15, 0.2) is 5.82 Å². The topological polar surface area (TPSA) is 76.0 Å². The zero-order valence-electron chi connectivity index (χ0n) is 15.4. The van der Waals surface area contributed by atoms with Crippen LogP contribution in [0.15, 0.2) is 90.3 Å². The van der Waals surface area contributed by atoms with Gasteiger partial charge in [-0.25, -0.2) is 9.97 Å². The van der Waals surface area contributed by atoms with Crippen LogP contribution in [0.5, 0.6) is 0 Å². The number of aromatic nitrogens is 4. The molecule has 0 saturated heterocycles. The number of hydrogen-bond donors (Lipinski definition) is 1. The van der Waals surface area contributed by atoms with Crippen LogP contribution in [0.2, 0.25) is 0 Å². The van der Waals surface area contributed by atoms with Crippen LogP contribution in [0.25, 0.3) is 33.3 Å². The quantitative estimate of drug-likeness (QED) is 0.364. The average Bonchev–Trinajstić information content (AvgIpc) is 2.79. The standard InChI is InChI=1S/C23H16N6/c1-2-7-16(8-3-1)22-23(28-19-11-5-4-10-18(19)27-22)29-26-15-17-9-6-12-20-21(17)25-14-13-24-20/h1-15H,(H,28,29). The van der Waals surface area contributed by atoms with Gasteiger partial charge in [-0.1, -0.05) is 54.6 Å². The van der Waals surface area contributed by atoms with Crippen molar-refractivity contribution in [2.45, 2.75) is 0 Å². The van der Waals surface area contributed by atoms with Crippen LogP contribution in [-0.2, 0) is 0 Å². The van der Waals surface area contributed by atoms with E-state index in [1.807, 2.05) is 72.8 Å². The van der Waals surface area contributed by atoms with Crippen molar-refractivity contribution in [2.24, 2.45) is 5.10 Å². The van der Waals surface area contributed by atoms with E-state index in [2.05, 4.69) is 20.5 Å². The van der Waals surface area contributed by atoms with Crippen molar-refractivity contribution in [1.82, 2.24) is 19.9 Å². The maximum Gasteiger partial charge on any atom is 0.173 e. The highest BCUT2D eigenvalue weighted by Crippen LogP contribution is 2.26. The normalized spacial score (nSPS) is 11.3. The first kappa shape index (κ1) is 16.9. The summed E-state index contributed by atoms with van der Waals surface area (Å²) in [6.07, 6.45) is 5.08. The van der Waals surface area contributed by atoms with Crippen LogP contribution >= 0.6 is 0 Å². The summed E-state index contributed by atoms with van der Waals surface area (Å²) in [4.78, 5) is 18.3. The molecule has 1 N–H and O–H groups in total. The third-order valence-electron chi connectivity index (χ3n) is 4.52. The third kappa shape index (κ3) is 3.39. The second-order valence-corrected chi connectivity index (χ2v) is 6.42. The maximum atomic E-state index is 4.80. The highest BCUT2D eigenvalue weighted by atomic mass is 15.3. The number of fused-ring (bicyclic) bond motifs is 2. The van der Waals surface area contributed by atoms with Crippen molar-refractivity contribution in [3.8, 4) is 11.3 Å². The molecule has 6 nitrogen and oxygen atoms in total. The van der Waals surface area contributed by atoms with Crippen LogP contribution in [0.4, 0.5) is 5.82 Å². The summed E-state index contributed by atoms with van der Waals surface area (Å²) < 4.78 is 0. The van der Waals surface area contributed by atoms with Crippen LogP contribution in [0.1, 0.15) is 5.56 Å². The van der Waals surface area contributed by atoms with E-state index < -0.39 is 0 Å². The van der Waals surface area contributed by atoms with Crippen LogP contribution in [0.3, 0.4) is 0 Å². The summed E-state index contributed by atoms with van der Waals surface area (Å²) in [7, 11) is 0. The molecule has 0 bridgehead atoms. The zero-order valence-corrected chi connectivity index (χ0v) is 15.4. The van der Waals surface area contributed by atoms with Gasteiger partial charge in [0.1, 0.15) is 5.69 Å². The first-order valence-corrected chi connectivity index (χ1v) is 9.19. The SMILES string of the molecule is C(=NNc1nc2ccccc2nc1-c1ccccc1)c1cccc2nccnc12. The fourth-order valence-electron chi connectivity index (χ4n) is 3.16. The van der Waals surface area contributed by atoms with Gasteiger partial charge in [0, 0.05) is 23.5 Å². The molecule has 0 aliphatic rings. The first-order valence-electron chi connectivity index (χ1n) is 9.19.